The molecule has 0 saturated heterocycles. The summed E-state index contributed by atoms with van der Waals surface area (Å²) in [7, 11) is 0. The lowest BCUT2D eigenvalue weighted by Crippen LogP contribution is -2.34. The maximum Gasteiger partial charge on any atom is 0.278 e. The topological polar surface area (TPSA) is 58.6 Å². The Morgan fingerprint density at radius 2 is 1.71 bits per heavy atom. The van der Waals surface area contributed by atoms with Gasteiger partial charge in [-0.2, -0.15) is 0 Å². The lowest BCUT2D eigenvalue weighted by molar-refractivity contribution is -0.137. The van der Waals surface area contributed by atoms with Crippen molar-refractivity contribution < 1.29 is 23.1 Å². The van der Waals surface area contributed by atoms with Gasteiger partial charge in [-0.15, -0.1) is 0 Å². The maximum atomic E-state index is 13.7. The largest absolute Gasteiger partial charge is 0.379 e. The summed E-state index contributed by atoms with van der Waals surface area (Å²) in [6, 6.07) is 8.74. The van der Waals surface area contributed by atoms with Gasteiger partial charge < -0.3 is 10.1 Å². The van der Waals surface area contributed by atoms with Crippen molar-refractivity contribution in [2.24, 2.45) is 0 Å². The third-order valence-electron chi connectivity index (χ3n) is 5.13. The highest BCUT2D eigenvalue weighted by molar-refractivity contribution is 6.36. The molecule has 164 valence electrons. The highest BCUT2D eigenvalue weighted by Gasteiger charge is 2.39. The molecule has 0 radical (unpaired) electrons. The van der Waals surface area contributed by atoms with Gasteiger partial charge in [0.05, 0.1) is 11.7 Å². The van der Waals surface area contributed by atoms with Crippen molar-refractivity contribution in [1.82, 2.24) is 4.90 Å². The fraction of sp³-hybridized carbons (Fsp3) is 0.333. The van der Waals surface area contributed by atoms with Crippen molar-refractivity contribution >= 4 is 23.1 Å². The first-order valence-corrected chi connectivity index (χ1v) is 10.2. The average molecular weight is 428 g/mol. The number of halogens is 2. The van der Waals surface area contributed by atoms with E-state index in [4.69, 9.17) is 4.74 Å². The van der Waals surface area contributed by atoms with Crippen LogP contribution >= 0.6 is 0 Å². The van der Waals surface area contributed by atoms with Crippen LogP contribution in [-0.4, -0.2) is 36.0 Å². The van der Waals surface area contributed by atoms with Gasteiger partial charge in [-0.25, -0.2) is 8.78 Å². The molecule has 7 heteroatoms. The Morgan fingerprint density at radius 1 is 0.968 bits per heavy atom. The first-order valence-electron chi connectivity index (χ1n) is 10.2. The fourth-order valence-electron chi connectivity index (χ4n) is 3.32. The Kier molecular flexibility index (Phi) is 6.85. The van der Waals surface area contributed by atoms with Crippen LogP contribution in [0.4, 0.5) is 14.5 Å². The zero-order chi connectivity index (χ0) is 22.7. The number of carbonyl (C=O) groups is 2. The number of hydrogen-bond acceptors (Lipinski definition) is 4. The van der Waals surface area contributed by atoms with Gasteiger partial charge in [0.25, 0.3) is 11.8 Å². The number of benzene rings is 2. The van der Waals surface area contributed by atoms with Crippen molar-refractivity contribution in [3.63, 3.8) is 0 Å². The van der Waals surface area contributed by atoms with Crippen LogP contribution in [0.15, 0.2) is 42.1 Å². The molecule has 2 aromatic rings. The van der Waals surface area contributed by atoms with Crippen molar-refractivity contribution in [3.05, 3.63) is 70.4 Å². The van der Waals surface area contributed by atoms with Crippen molar-refractivity contribution in [2.45, 2.75) is 40.2 Å². The zero-order valence-corrected chi connectivity index (χ0v) is 18.1. The Morgan fingerprint density at radius 3 is 2.35 bits per heavy atom. The van der Waals surface area contributed by atoms with E-state index in [1.807, 2.05) is 39.8 Å². The molecule has 0 aliphatic carbocycles. The number of nitrogens with zero attached hydrogens (tertiary/aromatic N) is 1. The molecule has 31 heavy (non-hydrogen) atoms. The summed E-state index contributed by atoms with van der Waals surface area (Å²) in [4.78, 5) is 27.5. The number of hydrogen-bond donors (Lipinski definition) is 1. The number of amides is 2. The highest BCUT2D eigenvalue weighted by atomic mass is 19.2. The standard InChI is InChI=1S/C24H26F2N2O3/c1-14(2)31-11-5-10-28-23(29)21(17-7-6-15(3)16(4)12-17)22(24(28)30)27-18-8-9-19(25)20(26)13-18/h6-9,12-14,27H,5,10-11H2,1-4H3. The second kappa shape index (κ2) is 9.39. The Labute approximate surface area is 180 Å². The van der Waals surface area contributed by atoms with Crippen LogP contribution in [0.3, 0.4) is 0 Å². The normalized spacial score (nSPS) is 14.2. The molecule has 0 spiro atoms. The average Bonchev–Trinajstić information content (AvgIpc) is 2.94. The third kappa shape index (κ3) is 4.99. The molecule has 1 N–H and O–H groups in total. The van der Waals surface area contributed by atoms with Crippen molar-refractivity contribution in [1.29, 1.82) is 0 Å². The number of aryl methyl sites for hydroxylation is 2. The van der Waals surface area contributed by atoms with Gasteiger partial charge in [-0.05, 0) is 62.9 Å². The van der Waals surface area contributed by atoms with Gasteiger partial charge in [-0.3, -0.25) is 14.5 Å². The number of ether oxygens (including phenoxy) is 1. The van der Waals surface area contributed by atoms with Gasteiger partial charge in [0.2, 0.25) is 0 Å². The molecule has 1 heterocycles. The monoisotopic (exact) mass is 428 g/mol. The van der Waals surface area contributed by atoms with E-state index in [0.29, 0.717) is 18.6 Å². The number of anilines is 1. The summed E-state index contributed by atoms with van der Waals surface area (Å²) in [5.74, 6) is -2.97. The Bertz CT molecular complexity index is 1050. The van der Waals surface area contributed by atoms with Crippen LogP contribution in [0.25, 0.3) is 5.57 Å². The van der Waals surface area contributed by atoms with Gasteiger partial charge in [0, 0.05) is 24.9 Å². The van der Waals surface area contributed by atoms with E-state index in [0.717, 1.165) is 28.2 Å². The first-order chi connectivity index (χ1) is 14.7. The molecule has 0 unspecified atom stereocenters. The van der Waals surface area contributed by atoms with E-state index in [1.54, 1.807) is 6.07 Å². The zero-order valence-electron chi connectivity index (χ0n) is 18.1. The van der Waals surface area contributed by atoms with Crippen LogP contribution in [0.1, 0.15) is 37.0 Å². The second-order valence-corrected chi connectivity index (χ2v) is 7.84. The molecule has 0 atom stereocenters. The molecule has 1 aliphatic heterocycles. The predicted molar refractivity (Wildman–Crippen MR) is 115 cm³/mol. The molecule has 0 saturated carbocycles. The quantitative estimate of drug-likeness (QED) is 0.494. The Balaban J connectivity index is 1.95. The van der Waals surface area contributed by atoms with Crippen LogP contribution < -0.4 is 5.32 Å². The van der Waals surface area contributed by atoms with Crippen LogP contribution in [0, 0.1) is 25.5 Å². The minimum absolute atomic E-state index is 0.0454. The lowest BCUT2D eigenvalue weighted by Gasteiger charge is -2.16. The van der Waals surface area contributed by atoms with Crippen LogP contribution in [-0.2, 0) is 14.3 Å². The summed E-state index contributed by atoms with van der Waals surface area (Å²) >= 11 is 0. The minimum Gasteiger partial charge on any atom is -0.379 e. The molecular formula is C24H26F2N2O3. The molecule has 0 aromatic heterocycles. The SMILES string of the molecule is Cc1ccc(C2=C(Nc3ccc(F)c(F)c3)C(=O)N(CCCOC(C)C)C2=O)cc1C. The summed E-state index contributed by atoms with van der Waals surface area (Å²) in [6.07, 6.45) is 0.550. The van der Waals surface area contributed by atoms with Crippen LogP contribution in [0.2, 0.25) is 0 Å². The third-order valence-corrected chi connectivity index (χ3v) is 5.13. The highest BCUT2D eigenvalue weighted by Crippen LogP contribution is 2.31. The molecule has 0 fully saturated rings. The number of imide groups is 1. The summed E-state index contributed by atoms with van der Waals surface area (Å²) in [5.41, 5.74) is 3.06. The fourth-order valence-corrected chi connectivity index (χ4v) is 3.32. The molecule has 3 rings (SSSR count). The van der Waals surface area contributed by atoms with Crippen molar-refractivity contribution in [3.8, 4) is 0 Å². The molecule has 2 amide bonds. The van der Waals surface area contributed by atoms with E-state index in [2.05, 4.69) is 5.32 Å². The first kappa shape index (κ1) is 22.6. The predicted octanol–water partition coefficient (Wildman–Crippen LogP) is 4.59. The van der Waals surface area contributed by atoms with Gasteiger partial charge >= 0.3 is 0 Å². The van der Waals surface area contributed by atoms with E-state index >= 15 is 0 Å². The molecule has 1 aliphatic rings. The minimum atomic E-state index is -1.04. The number of rotatable bonds is 8. The molecule has 2 aromatic carbocycles. The lowest BCUT2D eigenvalue weighted by atomic mass is 9.99. The molecule has 5 nitrogen and oxygen atoms in total. The van der Waals surface area contributed by atoms with Gasteiger partial charge in [-0.1, -0.05) is 18.2 Å². The molecule has 0 bridgehead atoms. The van der Waals surface area contributed by atoms with Gasteiger partial charge in [0.1, 0.15) is 5.70 Å². The summed E-state index contributed by atoms with van der Waals surface area (Å²) < 4.78 is 32.5. The Hall–Kier alpha value is -3.06. The second-order valence-electron chi connectivity index (χ2n) is 7.84. The maximum absolute atomic E-state index is 13.7. The summed E-state index contributed by atoms with van der Waals surface area (Å²) in [6.45, 7) is 8.31. The number of nitrogens with one attached hydrogen (secondary N) is 1. The van der Waals surface area contributed by atoms with E-state index in [1.165, 1.54) is 6.07 Å². The van der Waals surface area contributed by atoms with Crippen molar-refractivity contribution in [2.75, 3.05) is 18.5 Å². The van der Waals surface area contributed by atoms with Crippen LogP contribution in [0.5, 0.6) is 0 Å². The smallest absolute Gasteiger partial charge is 0.278 e. The van der Waals surface area contributed by atoms with E-state index < -0.39 is 23.4 Å². The number of carbonyl (C=O) groups excluding carboxylic acids is 2. The van der Waals surface area contributed by atoms with E-state index in [9.17, 15) is 18.4 Å². The molecular weight excluding hydrogens is 402 g/mol. The van der Waals surface area contributed by atoms with E-state index in [-0.39, 0.29) is 29.6 Å². The summed E-state index contributed by atoms with van der Waals surface area (Å²) in [5, 5.41) is 2.84. The van der Waals surface area contributed by atoms with Gasteiger partial charge in [0.15, 0.2) is 11.6 Å².